The second-order valence-corrected chi connectivity index (χ2v) is 5.97. The smallest absolute Gasteiger partial charge is 0.310 e. The molecule has 0 saturated carbocycles. The molecule has 6 nitrogen and oxygen atoms in total. The first-order valence-corrected chi connectivity index (χ1v) is 8.41. The van der Waals surface area contributed by atoms with E-state index in [1.807, 2.05) is 61.5 Å². The monoisotopic (exact) mass is 356 g/mol. The first-order chi connectivity index (χ1) is 12.5. The summed E-state index contributed by atoms with van der Waals surface area (Å²) in [5.41, 5.74) is 1.68. The molecule has 26 heavy (non-hydrogen) atoms. The molecule has 0 saturated heterocycles. The van der Waals surface area contributed by atoms with Crippen LogP contribution in [0.1, 0.15) is 13.3 Å². The summed E-state index contributed by atoms with van der Waals surface area (Å²) >= 11 is 0. The molecular formula is C20H24N2O4. The van der Waals surface area contributed by atoms with Crippen LogP contribution in [-0.4, -0.2) is 38.7 Å². The Morgan fingerprint density at radius 2 is 1.69 bits per heavy atom. The lowest BCUT2D eigenvalue weighted by atomic mass is 10.2. The van der Waals surface area contributed by atoms with E-state index in [4.69, 9.17) is 9.47 Å². The van der Waals surface area contributed by atoms with Gasteiger partial charge in [0.25, 0.3) is 5.91 Å². The average molecular weight is 356 g/mol. The van der Waals surface area contributed by atoms with Crippen LogP contribution in [0.3, 0.4) is 0 Å². The number of nitrogens with zero attached hydrogens (tertiary/aromatic N) is 1. The van der Waals surface area contributed by atoms with E-state index >= 15 is 0 Å². The lowest BCUT2D eigenvalue weighted by Gasteiger charge is -2.15. The molecule has 6 heteroatoms. The maximum absolute atomic E-state index is 12.1. The Hall–Kier alpha value is -3.02. The lowest BCUT2D eigenvalue weighted by molar-refractivity contribution is -0.153. The van der Waals surface area contributed by atoms with Gasteiger partial charge in [0.15, 0.2) is 6.10 Å². The maximum atomic E-state index is 12.1. The largest absolute Gasteiger partial charge is 0.493 e. The zero-order chi connectivity index (χ0) is 18.9. The number of para-hydroxylation sites is 1. The molecule has 2 aromatic rings. The molecule has 0 fully saturated rings. The molecule has 0 aliphatic rings. The van der Waals surface area contributed by atoms with Crippen molar-refractivity contribution in [1.82, 2.24) is 0 Å². The van der Waals surface area contributed by atoms with Gasteiger partial charge in [-0.3, -0.25) is 9.59 Å². The molecule has 0 aliphatic heterocycles. The quantitative estimate of drug-likeness (QED) is 0.736. The Balaban J connectivity index is 1.74. The highest BCUT2D eigenvalue weighted by Crippen LogP contribution is 2.16. The maximum Gasteiger partial charge on any atom is 0.310 e. The van der Waals surface area contributed by atoms with E-state index in [2.05, 4.69) is 5.32 Å². The van der Waals surface area contributed by atoms with Crippen molar-refractivity contribution in [1.29, 1.82) is 0 Å². The van der Waals surface area contributed by atoms with Crippen molar-refractivity contribution in [2.75, 3.05) is 30.9 Å². The summed E-state index contributed by atoms with van der Waals surface area (Å²) < 4.78 is 10.6. The molecule has 1 unspecified atom stereocenters. The Morgan fingerprint density at radius 3 is 2.31 bits per heavy atom. The van der Waals surface area contributed by atoms with Crippen LogP contribution in [0.15, 0.2) is 54.6 Å². The number of nitrogens with one attached hydrogen (secondary N) is 1. The van der Waals surface area contributed by atoms with Crippen LogP contribution in [-0.2, 0) is 14.3 Å². The molecule has 0 bridgehead atoms. The van der Waals surface area contributed by atoms with Gasteiger partial charge in [-0.2, -0.15) is 0 Å². The fourth-order valence-corrected chi connectivity index (χ4v) is 2.17. The van der Waals surface area contributed by atoms with Gasteiger partial charge in [0, 0.05) is 25.5 Å². The molecule has 0 radical (unpaired) electrons. The SMILES string of the molecule is CC(OC(=O)CCOc1ccccc1)C(=O)Nc1ccc(N(C)C)cc1. The first-order valence-electron chi connectivity index (χ1n) is 8.41. The topological polar surface area (TPSA) is 67.9 Å². The predicted octanol–water partition coefficient (Wildman–Crippen LogP) is 3.09. The second kappa shape index (κ2) is 9.46. The number of hydrogen-bond donors (Lipinski definition) is 1. The lowest BCUT2D eigenvalue weighted by Crippen LogP contribution is -2.30. The van der Waals surface area contributed by atoms with Crippen LogP contribution < -0.4 is 15.0 Å². The zero-order valence-corrected chi connectivity index (χ0v) is 15.3. The fourth-order valence-electron chi connectivity index (χ4n) is 2.17. The van der Waals surface area contributed by atoms with E-state index in [1.165, 1.54) is 0 Å². The Morgan fingerprint density at radius 1 is 1.04 bits per heavy atom. The van der Waals surface area contributed by atoms with Crippen LogP contribution in [0.4, 0.5) is 11.4 Å². The van der Waals surface area contributed by atoms with Gasteiger partial charge in [-0.05, 0) is 43.3 Å². The van der Waals surface area contributed by atoms with Crippen molar-refractivity contribution in [3.63, 3.8) is 0 Å². The molecular weight excluding hydrogens is 332 g/mol. The minimum Gasteiger partial charge on any atom is -0.493 e. The van der Waals surface area contributed by atoms with Gasteiger partial charge in [-0.25, -0.2) is 0 Å². The van der Waals surface area contributed by atoms with Gasteiger partial charge in [0.1, 0.15) is 5.75 Å². The summed E-state index contributed by atoms with van der Waals surface area (Å²) in [5, 5.41) is 2.73. The summed E-state index contributed by atoms with van der Waals surface area (Å²) in [6.45, 7) is 1.74. The van der Waals surface area contributed by atoms with Gasteiger partial charge in [-0.1, -0.05) is 18.2 Å². The number of benzene rings is 2. The van der Waals surface area contributed by atoms with E-state index in [9.17, 15) is 9.59 Å². The van der Waals surface area contributed by atoms with Crippen molar-refractivity contribution >= 4 is 23.3 Å². The van der Waals surface area contributed by atoms with Crippen LogP contribution in [0.2, 0.25) is 0 Å². The van der Waals surface area contributed by atoms with Gasteiger partial charge in [-0.15, -0.1) is 0 Å². The van der Waals surface area contributed by atoms with Crippen molar-refractivity contribution in [2.24, 2.45) is 0 Å². The van der Waals surface area contributed by atoms with Gasteiger partial charge in [0.2, 0.25) is 0 Å². The van der Waals surface area contributed by atoms with Crippen molar-refractivity contribution in [3.05, 3.63) is 54.6 Å². The second-order valence-electron chi connectivity index (χ2n) is 5.97. The number of rotatable bonds is 8. The van der Waals surface area contributed by atoms with Crippen LogP contribution >= 0.6 is 0 Å². The van der Waals surface area contributed by atoms with E-state index < -0.39 is 12.1 Å². The average Bonchev–Trinajstić information content (AvgIpc) is 2.63. The number of esters is 1. The van der Waals surface area contributed by atoms with Crippen LogP contribution in [0.5, 0.6) is 5.75 Å². The summed E-state index contributed by atoms with van der Waals surface area (Å²) in [6.07, 6.45) is -0.808. The summed E-state index contributed by atoms with van der Waals surface area (Å²) in [6, 6.07) is 16.6. The van der Waals surface area contributed by atoms with E-state index in [0.29, 0.717) is 11.4 Å². The number of anilines is 2. The normalized spacial score (nSPS) is 11.3. The van der Waals surface area contributed by atoms with Crippen molar-refractivity contribution in [2.45, 2.75) is 19.4 Å². The number of amides is 1. The standard InChI is InChI=1S/C20H24N2O4/c1-15(20(24)21-16-9-11-17(12-10-16)22(2)3)26-19(23)13-14-25-18-7-5-4-6-8-18/h4-12,15H,13-14H2,1-3H3,(H,21,24). The van der Waals surface area contributed by atoms with Crippen LogP contribution in [0, 0.1) is 0 Å². The van der Waals surface area contributed by atoms with Gasteiger partial charge < -0.3 is 19.7 Å². The molecule has 0 heterocycles. The van der Waals surface area contributed by atoms with Gasteiger partial charge >= 0.3 is 5.97 Å². The highest BCUT2D eigenvalue weighted by Gasteiger charge is 2.18. The highest BCUT2D eigenvalue weighted by molar-refractivity contribution is 5.95. The van der Waals surface area contributed by atoms with E-state index in [1.54, 1.807) is 19.1 Å². The number of carbonyl (C=O) groups excluding carboxylic acids is 2. The van der Waals surface area contributed by atoms with E-state index in [0.717, 1.165) is 5.69 Å². The molecule has 0 aliphatic carbocycles. The minimum atomic E-state index is -0.882. The Labute approximate surface area is 153 Å². The van der Waals surface area contributed by atoms with Gasteiger partial charge in [0.05, 0.1) is 13.0 Å². The highest BCUT2D eigenvalue weighted by atomic mass is 16.5. The molecule has 0 spiro atoms. The zero-order valence-electron chi connectivity index (χ0n) is 15.3. The molecule has 1 amide bonds. The molecule has 0 aromatic heterocycles. The first kappa shape index (κ1) is 19.3. The summed E-state index contributed by atoms with van der Waals surface area (Å²) in [7, 11) is 3.88. The minimum absolute atomic E-state index is 0.0735. The third kappa shape index (κ3) is 6.12. The third-order valence-electron chi connectivity index (χ3n) is 3.65. The molecule has 138 valence electrons. The number of hydrogen-bond acceptors (Lipinski definition) is 5. The molecule has 1 N–H and O–H groups in total. The summed E-state index contributed by atoms with van der Waals surface area (Å²) in [4.78, 5) is 25.9. The fraction of sp³-hybridized carbons (Fsp3) is 0.300. The number of ether oxygens (including phenoxy) is 2. The molecule has 2 rings (SSSR count). The van der Waals surface area contributed by atoms with Crippen LogP contribution in [0.25, 0.3) is 0 Å². The number of carbonyl (C=O) groups is 2. The Bertz CT molecular complexity index is 714. The van der Waals surface area contributed by atoms with Crippen molar-refractivity contribution < 1.29 is 19.1 Å². The molecule has 2 aromatic carbocycles. The molecule has 1 atom stereocenters. The van der Waals surface area contributed by atoms with Crippen molar-refractivity contribution in [3.8, 4) is 5.75 Å². The Kier molecular flexibility index (Phi) is 7.02. The summed E-state index contributed by atoms with van der Waals surface area (Å²) in [5.74, 6) is -0.168. The third-order valence-corrected chi connectivity index (χ3v) is 3.65. The predicted molar refractivity (Wildman–Crippen MR) is 102 cm³/mol. The van der Waals surface area contributed by atoms with E-state index in [-0.39, 0.29) is 18.9 Å².